The molecular formula is C12H16N2O4. The van der Waals surface area contributed by atoms with Gasteiger partial charge in [0.15, 0.2) is 11.5 Å². The van der Waals surface area contributed by atoms with Gasteiger partial charge >= 0.3 is 0 Å². The Labute approximate surface area is 105 Å². The quantitative estimate of drug-likeness (QED) is 0.650. The molecule has 2 N–H and O–H groups in total. The lowest BCUT2D eigenvalue weighted by Gasteiger charge is -2.19. The summed E-state index contributed by atoms with van der Waals surface area (Å²) in [7, 11) is 0. The second kappa shape index (κ2) is 5.22. The van der Waals surface area contributed by atoms with Crippen LogP contribution in [0.2, 0.25) is 0 Å². The van der Waals surface area contributed by atoms with Crippen LogP contribution in [0.3, 0.4) is 0 Å². The van der Waals surface area contributed by atoms with Gasteiger partial charge in [0.25, 0.3) is 5.69 Å². The minimum Gasteiger partial charge on any atom is -0.486 e. The molecule has 2 rings (SSSR count). The molecule has 1 aromatic carbocycles. The maximum atomic E-state index is 11.0. The predicted molar refractivity (Wildman–Crippen MR) is 66.1 cm³/mol. The van der Waals surface area contributed by atoms with Gasteiger partial charge in [-0.25, -0.2) is 0 Å². The summed E-state index contributed by atoms with van der Waals surface area (Å²) >= 11 is 0. The van der Waals surface area contributed by atoms with Crippen molar-refractivity contribution in [2.45, 2.75) is 25.8 Å². The highest BCUT2D eigenvalue weighted by Crippen LogP contribution is 2.37. The fourth-order valence-corrected chi connectivity index (χ4v) is 1.88. The van der Waals surface area contributed by atoms with Crippen LogP contribution in [0.4, 0.5) is 5.69 Å². The molecule has 0 radical (unpaired) electrons. The predicted octanol–water partition coefficient (Wildman–Crippen LogP) is 1.65. The van der Waals surface area contributed by atoms with E-state index in [2.05, 4.69) is 0 Å². The van der Waals surface area contributed by atoms with Crippen molar-refractivity contribution in [2.75, 3.05) is 13.2 Å². The summed E-state index contributed by atoms with van der Waals surface area (Å²) < 4.78 is 10.8. The van der Waals surface area contributed by atoms with Gasteiger partial charge in [-0.2, -0.15) is 0 Å². The molecule has 1 aromatic rings. The summed E-state index contributed by atoms with van der Waals surface area (Å²) in [6.45, 7) is 2.83. The number of hydrogen-bond acceptors (Lipinski definition) is 5. The SMILES string of the molecule is CCC(N)Cc1cc2c(cc1[N+](=O)[O-])OCCO2. The van der Waals surface area contributed by atoms with Crippen LogP contribution < -0.4 is 15.2 Å². The number of nitrogens with zero attached hydrogens (tertiary/aromatic N) is 1. The number of nitro groups is 1. The second-order valence-corrected chi connectivity index (χ2v) is 4.25. The van der Waals surface area contributed by atoms with E-state index in [4.69, 9.17) is 15.2 Å². The normalized spacial score (nSPS) is 15.2. The Morgan fingerprint density at radius 2 is 2.00 bits per heavy atom. The van der Waals surface area contributed by atoms with Crippen molar-refractivity contribution in [3.63, 3.8) is 0 Å². The van der Waals surface area contributed by atoms with Crippen LogP contribution >= 0.6 is 0 Å². The largest absolute Gasteiger partial charge is 0.486 e. The van der Waals surface area contributed by atoms with Crippen LogP contribution in [-0.4, -0.2) is 24.2 Å². The van der Waals surface area contributed by atoms with Gasteiger partial charge in [0.2, 0.25) is 0 Å². The molecule has 1 aliphatic rings. The van der Waals surface area contributed by atoms with Crippen LogP contribution in [0.15, 0.2) is 12.1 Å². The summed E-state index contributed by atoms with van der Waals surface area (Å²) in [5.74, 6) is 0.993. The van der Waals surface area contributed by atoms with Crippen LogP contribution in [0.1, 0.15) is 18.9 Å². The Morgan fingerprint density at radius 3 is 2.56 bits per heavy atom. The van der Waals surface area contributed by atoms with Crippen LogP contribution in [0.25, 0.3) is 0 Å². The third kappa shape index (κ3) is 2.53. The molecule has 1 atom stereocenters. The van der Waals surface area contributed by atoms with Gasteiger partial charge in [-0.3, -0.25) is 10.1 Å². The lowest BCUT2D eigenvalue weighted by Crippen LogP contribution is -2.22. The minimum absolute atomic E-state index is 0.0446. The van der Waals surface area contributed by atoms with Gasteiger partial charge in [-0.1, -0.05) is 6.92 Å². The van der Waals surface area contributed by atoms with Crippen molar-refractivity contribution in [1.29, 1.82) is 0 Å². The van der Waals surface area contributed by atoms with Gasteiger partial charge in [0.1, 0.15) is 13.2 Å². The van der Waals surface area contributed by atoms with E-state index in [-0.39, 0.29) is 11.7 Å². The first-order chi connectivity index (χ1) is 8.61. The smallest absolute Gasteiger partial charge is 0.276 e. The van der Waals surface area contributed by atoms with Crippen molar-refractivity contribution < 1.29 is 14.4 Å². The zero-order valence-electron chi connectivity index (χ0n) is 10.2. The Balaban J connectivity index is 2.39. The first-order valence-electron chi connectivity index (χ1n) is 5.94. The van der Waals surface area contributed by atoms with Crippen molar-refractivity contribution in [3.8, 4) is 11.5 Å². The van der Waals surface area contributed by atoms with Crippen molar-refractivity contribution in [2.24, 2.45) is 5.73 Å². The van der Waals surface area contributed by atoms with E-state index in [1.807, 2.05) is 6.92 Å². The van der Waals surface area contributed by atoms with Crippen LogP contribution in [0, 0.1) is 10.1 Å². The molecular weight excluding hydrogens is 236 g/mol. The maximum absolute atomic E-state index is 11.0. The van der Waals surface area contributed by atoms with Crippen molar-refractivity contribution in [3.05, 3.63) is 27.8 Å². The number of rotatable bonds is 4. The molecule has 0 saturated carbocycles. The fourth-order valence-electron chi connectivity index (χ4n) is 1.88. The first-order valence-corrected chi connectivity index (χ1v) is 5.94. The van der Waals surface area contributed by atoms with Crippen LogP contribution in [-0.2, 0) is 6.42 Å². The van der Waals surface area contributed by atoms with E-state index >= 15 is 0 Å². The molecule has 0 spiro atoms. The highest BCUT2D eigenvalue weighted by molar-refractivity contribution is 5.55. The molecule has 1 aliphatic heterocycles. The average Bonchev–Trinajstić information content (AvgIpc) is 2.37. The topological polar surface area (TPSA) is 87.6 Å². The van der Waals surface area contributed by atoms with Gasteiger partial charge in [-0.05, 0) is 18.9 Å². The second-order valence-electron chi connectivity index (χ2n) is 4.25. The minimum atomic E-state index is -0.407. The number of benzene rings is 1. The molecule has 0 aromatic heterocycles. The molecule has 1 unspecified atom stereocenters. The average molecular weight is 252 g/mol. The van der Waals surface area contributed by atoms with E-state index in [9.17, 15) is 10.1 Å². The van der Waals surface area contributed by atoms with E-state index in [0.29, 0.717) is 36.7 Å². The summed E-state index contributed by atoms with van der Waals surface area (Å²) in [6, 6.07) is 3.00. The highest BCUT2D eigenvalue weighted by Gasteiger charge is 2.22. The Bertz CT molecular complexity index is 462. The van der Waals surface area contributed by atoms with E-state index < -0.39 is 4.92 Å². The maximum Gasteiger partial charge on any atom is 0.276 e. The Kier molecular flexibility index (Phi) is 3.66. The molecule has 0 fully saturated rings. The molecule has 6 nitrogen and oxygen atoms in total. The summed E-state index contributed by atoms with van der Waals surface area (Å²) in [5.41, 5.74) is 6.50. The van der Waals surface area contributed by atoms with Crippen molar-refractivity contribution >= 4 is 5.69 Å². The Morgan fingerprint density at radius 1 is 1.39 bits per heavy atom. The van der Waals surface area contributed by atoms with Gasteiger partial charge in [-0.15, -0.1) is 0 Å². The third-order valence-corrected chi connectivity index (χ3v) is 2.95. The van der Waals surface area contributed by atoms with Crippen LogP contribution in [0.5, 0.6) is 11.5 Å². The molecule has 0 bridgehead atoms. The molecule has 0 amide bonds. The lowest BCUT2D eigenvalue weighted by molar-refractivity contribution is -0.385. The summed E-state index contributed by atoms with van der Waals surface area (Å²) in [4.78, 5) is 10.6. The summed E-state index contributed by atoms with van der Waals surface area (Å²) in [5, 5.41) is 11.0. The fraction of sp³-hybridized carbons (Fsp3) is 0.500. The third-order valence-electron chi connectivity index (χ3n) is 2.95. The van der Waals surface area contributed by atoms with E-state index in [0.717, 1.165) is 6.42 Å². The van der Waals surface area contributed by atoms with E-state index in [1.165, 1.54) is 6.07 Å². The molecule has 1 heterocycles. The zero-order chi connectivity index (χ0) is 13.1. The molecule has 0 saturated heterocycles. The molecule has 18 heavy (non-hydrogen) atoms. The molecule has 0 aliphatic carbocycles. The molecule has 98 valence electrons. The van der Waals surface area contributed by atoms with Gasteiger partial charge in [0.05, 0.1) is 11.0 Å². The number of ether oxygens (including phenoxy) is 2. The highest BCUT2D eigenvalue weighted by atomic mass is 16.6. The number of nitro benzene ring substituents is 1. The number of fused-ring (bicyclic) bond motifs is 1. The zero-order valence-corrected chi connectivity index (χ0v) is 10.2. The monoisotopic (exact) mass is 252 g/mol. The van der Waals surface area contributed by atoms with Gasteiger partial charge in [0, 0.05) is 11.6 Å². The standard InChI is InChI=1S/C12H16N2O4/c1-2-9(13)5-8-6-11-12(18-4-3-17-11)7-10(8)14(15)16/h6-7,9H,2-5,13H2,1H3. The number of nitrogens with two attached hydrogens (primary N) is 1. The Hall–Kier alpha value is -1.82. The lowest BCUT2D eigenvalue weighted by atomic mass is 10.0. The van der Waals surface area contributed by atoms with Gasteiger partial charge < -0.3 is 15.2 Å². The molecule has 6 heteroatoms. The number of hydrogen-bond donors (Lipinski definition) is 1. The summed E-state index contributed by atoms with van der Waals surface area (Å²) in [6.07, 6.45) is 1.23. The van der Waals surface area contributed by atoms with E-state index in [1.54, 1.807) is 6.07 Å². The van der Waals surface area contributed by atoms with Crippen molar-refractivity contribution in [1.82, 2.24) is 0 Å². The first kappa shape index (κ1) is 12.6.